The van der Waals surface area contributed by atoms with E-state index >= 15 is 0 Å². The molecule has 36 heavy (non-hydrogen) atoms. The Morgan fingerprint density at radius 1 is 1.06 bits per heavy atom. The van der Waals surface area contributed by atoms with Crippen LogP contribution in [0, 0.1) is 19.8 Å². The van der Waals surface area contributed by atoms with E-state index in [2.05, 4.69) is 4.98 Å². The third-order valence-electron chi connectivity index (χ3n) is 6.06. The lowest BCUT2D eigenvalue weighted by molar-refractivity contribution is 0.0912. The van der Waals surface area contributed by atoms with E-state index in [1.807, 2.05) is 44.2 Å². The van der Waals surface area contributed by atoms with Gasteiger partial charge in [0, 0.05) is 24.0 Å². The number of hydrogen-bond donors (Lipinski definition) is 1. The zero-order valence-corrected chi connectivity index (χ0v) is 21.2. The number of para-hydroxylation sites is 1. The topological polar surface area (TPSA) is 98.5 Å². The number of phenols is 1. The fourth-order valence-corrected chi connectivity index (χ4v) is 4.86. The fraction of sp³-hybridized carbons (Fsp3) is 0.214. The number of carbonyl (C=O) groups is 1. The summed E-state index contributed by atoms with van der Waals surface area (Å²) in [4.78, 5) is 17.5. The number of hydrogen-bond acceptors (Lipinski definition) is 6. The highest BCUT2D eigenvalue weighted by molar-refractivity contribution is 7.87. The Balaban J connectivity index is 1.50. The second kappa shape index (κ2) is 10.4. The van der Waals surface area contributed by atoms with Gasteiger partial charge in [-0.05, 0) is 74.2 Å². The maximum Gasteiger partial charge on any atom is 0.339 e. The lowest BCUT2D eigenvalue weighted by Crippen LogP contribution is -2.17. The molecule has 0 amide bonds. The number of aromatic nitrogens is 2. The molecule has 0 aliphatic carbocycles. The Morgan fingerprint density at radius 3 is 2.44 bits per heavy atom. The molecule has 4 rings (SSSR count). The van der Waals surface area contributed by atoms with Gasteiger partial charge in [0.1, 0.15) is 16.4 Å². The number of aryl methyl sites for hydroxylation is 3. The Bertz CT molecular complexity index is 1480. The van der Waals surface area contributed by atoms with Crippen LogP contribution in [0.4, 0.5) is 0 Å². The number of ketones is 1. The van der Waals surface area contributed by atoms with Crippen molar-refractivity contribution < 1.29 is 22.5 Å². The summed E-state index contributed by atoms with van der Waals surface area (Å²) in [6, 6.07) is 18.9. The van der Waals surface area contributed by atoms with Crippen LogP contribution in [0.5, 0.6) is 11.5 Å². The molecule has 0 saturated carbocycles. The van der Waals surface area contributed by atoms with Crippen molar-refractivity contribution in [3.05, 3.63) is 102 Å². The van der Waals surface area contributed by atoms with Gasteiger partial charge in [0.15, 0.2) is 5.82 Å². The van der Waals surface area contributed by atoms with E-state index in [9.17, 15) is 18.3 Å². The van der Waals surface area contributed by atoms with E-state index in [-0.39, 0.29) is 28.1 Å². The summed E-state index contributed by atoms with van der Waals surface area (Å²) in [5.41, 5.74) is 2.78. The van der Waals surface area contributed by atoms with Gasteiger partial charge in [0.25, 0.3) is 0 Å². The van der Waals surface area contributed by atoms with Crippen molar-refractivity contribution in [2.24, 2.45) is 5.92 Å². The molecule has 0 radical (unpaired) electrons. The van der Waals surface area contributed by atoms with E-state index in [0.29, 0.717) is 29.8 Å². The molecular weight excluding hydrogens is 476 g/mol. The average molecular weight is 505 g/mol. The molecular formula is C28H28N2O5S. The average Bonchev–Trinajstić information content (AvgIpc) is 3.35. The van der Waals surface area contributed by atoms with Crippen molar-refractivity contribution in [1.82, 2.24) is 9.55 Å². The van der Waals surface area contributed by atoms with Crippen LogP contribution in [-0.2, 0) is 16.5 Å². The van der Waals surface area contributed by atoms with E-state index < -0.39 is 10.1 Å². The maximum absolute atomic E-state index is 13.2. The van der Waals surface area contributed by atoms with Gasteiger partial charge in [-0.1, -0.05) is 42.8 Å². The van der Waals surface area contributed by atoms with Gasteiger partial charge in [-0.3, -0.25) is 9.36 Å². The largest absolute Gasteiger partial charge is 0.507 e. The number of nitrogens with zero attached hydrogens (tertiary/aromatic N) is 2. The van der Waals surface area contributed by atoms with E-state index in [1.165, 1.54) is 24.3 Å². The number of aromatic hydroxyl groups is 1. The number of benzene rings is 3. The van der Waals surface area contributed by atoms with Gasteiger partial charge in [0.2, 0.25) is 5.78 Å². The first-order valence-electron chi connectivity index (χ1n) is 11.6. The van der Waals surface area contributed by atoms with Crippen LogP contribution in [0.15, 0.2) is 84.0 Å². The molecule has 4 aromatic rings. The summed E-state index contributed by atoms with van der Waals surface area (Å²) in [5, 5.41) is 10.6. The van der Waals surface area contributed by atoms with Gasteiger partial charge in [0.05, 0.1) is 0 Å². The Hall–Kier alpha value is -3.91. The standard InChI is InChI=1S/C28H28N2O5S/c1-19-9-13-25(14-10-19)36(33,34)35-24-17-21(3)26(31)22(18-24)12-11-20(2)27(32)28-29-15-16-30(28)23-7-5-4-6-8-23/h4-10,13-18,20,31H,11-12H2,1-3H3. The summed E-state index contributed by atoms with van der Waals surface area (Å²) in [5.74, 6) is 0.0141. The zero-order chi connectivity index (χ0) is 25.9. The highest BCUT2D eigenvalue weighted by Crippen LogP contribution is 2.31. The molecule has 0 spiro atoms. The first kappa shape index (κ1) is 25.2. The van der Waals surface area contributed by atoms with Gasteiger partial charge in [-0.2, -0.15) is 8.42 Å². The second-order valence-electron chi connectivity index (χ2n) is 8.86. The Labute approximate surface area is 211 Å². The fourth-order valence-electron chi connectivity index (χ4n) is 3.94. The highest BCUT2D eigenvalue weighted by atomic mass is 32.2. The quantitative estimate of drug-likeness (QED) is 0.242. The summed E-state index contributed by atoms with van der Waals surface area (Å²) < 4.78 is 32.6. The number of rotatable bonds is 9. The van der Waals surface area contributed by atoms with Crippen LogP contribution in [0.1, 0.15) is 40.7 Å². The van der Waals surface area contributed by atoms with Crippen molar-refractivity contribution in [1.29, 1.82) is 0 Å². The van der Waals surface area contributed by atoms with Crippen LogP contribution in [0.25, 0.3) is 5.69 Å². The van der Waals surface area contributed by atoms with E-state index in [0.717, 1.165) is 11.3 Å². The smallest absolute Gasteiger partial charge is 0.339 e. The summed E-state index contributed by atoms with van der Waals surface area (Å²) >= 11 is 0. The van der Waals surface area contributed by atoms with Crippen molar-refractivity contribution in [2.45, 2.75) is 38.5 Å². The Kier molecular flexibility index (Phi) is 7.26. The third-order valence-corrected chi connectivity index (χ3v) is 7.32. The number of Topliss-reactive ketones (excluding diaryl/α,β-unsaturated/α-hetero) is 1. The minimum atomic E-state index is -4.03. The van der Waals surface area contributed by atoms with Crippen LogP contribution in [0.3, 0.4) is 0 Å². The molecule has 1 unspecified atom stereocenters. The van der Waals surface area contributed by atoms with Crippen molar-refractivity contribution in [3.8, 4) is 17.2 Å². The van der Waals surface area contributed by atoms with Crippen LogP contribution < -0.4 is 4.18 Å². The predicted octanol–water partition coefficient (Wildman–Crippen LogP) is 5.41. The van der Waals surface area contributed by atoms with Gasteiger partial charge in [-0.25, -0.2) is 4.98 Å². The molecule has 0 aliphatic heterocycles. The normalized spacial score (nSPS) is 12.3. The van der Waals surface area contributed by atoms with Crippen LogP contribution in [0.2, 0.25) is 0 Å². The molecule has 1 N–H and O–H groups in total. The van der Waals surface area contributed by atoms with Gasteiger partial charge >= 0.3 is 10.1 Å². The molecule has 0 fully saturated rings. The van der Waals surface area contributed by atoms with Gasteiger partial charge < -0.3 is 9.29 Å². The number of carbonyl (C=O) groups excluding carboxylic acids is 1. The first-order valence-corrected chi connectivity index (χ1v) is 13.0. The molecule has 0 saturated heterocycles. The second-order valence-corrected chi connectivity index (χ2v) is 10.4. The van der Waals surface area contributed by atoms with Crippen molar-refractivity contribution in [2.75, 3.05) is 0 Å². The van der Waals surface area contributed by atoms with E-state index in [1.54, 1.807) is 36.0 Å². The van der Waals surface area contributed by atoms with Crippen LogP contribution in [-0.4, -0.2) is 28.9 Å². The molecule has 0 aliphatic rings. The van der Waals surface area contributed by atoms with Crippen LogP contribution >= 0.6 is 0 Å². The lowest BCUT2D eigenvalue weighted by atomic mass is 9.95. The number of imidazole rings is 1. The lowest BCUT2D eigenvalue weighted by Gasteiger charge is -2.15. The molecule has 1 aromatic heterocycles. The molecule has 7 nitrogen and oxygen atoms in total. The summed E-state index contributed by atoms with van der Waals surface area (Å²) in [7, 11) is -4.03. The van der Waals surface area contributed by atoms with E-state index in [4.69, 9.17) is 4.18 Å². The minimum absolute atomic E-state index is 0.0496. The molecule has 0 bridgehead atoms. The molecule has 8 heteroatoms. The first-order chi connectivity index (χ1) is 17.2. The van der Waals surface area contributed by atoms with Crippen molar-refractivity contribution >= 4 is 15.9 Å². The van der Waals surface area contributed by atoms with Crippen molar-refractivity contribution in [3.63, 3.8) is 0 Å². The number of phenolic OH excluding ortho intramolecular Hbond substituents is 1. The van der Waals surface area contributed by atoms with Gasteiger partial charge in [-0.15, -0.1) is 0 Å². The molecule has 186 valence electrons. The maximum atomic E-state index is 13.2. The molecule has 1 atom stereocenters. The highest BCUT2D eigenvalue weighted by Gasteiger charge is 2.22. The zero-order valence-electron chi connectivity index (χ0n) is 20.4. The third kappa shape index (κ3) is 5.49. The summed E-state index contributed by atoms with van der Waals surface area (Å²) in [6.07, 6.45) is 4.13. The molecule has 3 aromatic carbocycles. The summed E-state index contributed by atoms with van der Waals surface area (Å²) in [6.45, 7) is 5.36. The Morgan fingerprint density at radius 2 is 1.75 bits per heavy atom. The molecule has 1 heterocycles. The monoisotopic (exact) mass is 504 g/mol. The minimum Gasteiger partial charge on any atom is -0.507 e. The SMILES string of the molecule is Cc1ccc(S(=O)(=O)Oc2cc(C)c(O)c(CCC(C)C(=O)c3nccn3-c3ccccc3)c2)cc1. The predicted molar refractivity (Wildman–Crippen MR) is 137 cm³/mol.